The summed E-state index contributed by atoms with van der Waals surface area (Å²) < 4.78 is 2.12. The number of aromatic nitrogens is 2. The lowest BCUT2D eigenvalue weighted by molar-refractivity contribution is 1.08. The lowest BCUT2D eigenvalue weighted by atomic mass is 10.2. The normalized spacial score (nSPS) is 10.9. The van der Waals surface area contributed by atoms with Crippen molar-refractivity contribution >= 4 is 58.7 Å². The number of fused-ring (bicyclic) bond motifs is 1. The molecule has 2 rings (SSSR count). The van der Waals surface area contributed by atoms with Gasteiger partial charge in [-0.2, -0.15) is 0 Å². The van der Waals surface area contributed by atoms with E-state index in [9.17, 15) is 9.59 Å². The van der Waals surface area contributed by atoms with Gasteiger partial charge in [0.1, 0.15) is 0 Å². The van der Waals surface area contributed by atoms with E-state index in [-0.39, 0.29) is 0 Å². The molecule has 0 fully saturated rings. The number of halogens is 3. The number of nitrogens with one attached hydrogen (secondary N) is 2. The van der Waals surface area contributed by atoms with Crippen LogP contribution in [0.3, 0.4) is 0 Å². The van der Waals surface area contributed by atoms with Gasteiger partial charge in [-0.3, -0.25) is 9.78 Å². The van der Waals surface area contributed by atoms with E-state index in [1.807, 2.05) is 0 Å². The molecule has 1 aromatic carbocycles. The predicted molar refractivity (Wildman–Crippen MR) is 68.3 cm³/mol. The molecule has 2 aromatic rings. The highest BCUT2D eigenvalue weighted by molar-refractivity contribution is 9.14. The van der Waals surface area contributed by atoms with Crippen molar-refractivity contribution in [1.82, 2.24) is 9.97 Å². The third-order valence-electron chi connectivity index (χ3n) is 1.87. The van der Waals surface area contributed by atoms with Crippen LogP contribution < -0.4 is 11.2 Å². The summed E-state index contributed by atoms with van der Waals surface area (Å²) in [6, 6.07) is 1.64. The maximum Gasteiger partial charge on any atom is 0.326 e. The summed E-state index contributed by atoms with van der Waals surface area (Å²) in [7, 11) is 0. The molecule has 0 unspecified atom stereocenters. The van der Waals surface area contributed by atoms with Crippen LogP contribution in [0.25, 0.3) is 10.9 Å². The third-order valence-corrected chi connectivity index (χ3v) is 5.18. The van der Waals surface area contributed by atoms with Crippen LogP contribution in [0.15, 0.2) is 29.1 Å². The summed E-state index contributed by atoms with van der Waals surface area (Å²) in [4.78, 5) is 27.3. The van der Waals surface area contributed by atoms with Crippen LogP contribution in [-0.4, -0.2) is 9.97 Å². The zero-order valence-corrected chi connectivity index (χ0v) is 11.8. The molecule has 1 aromatic heterocycles. The minimum atomic E-state index is -0.526. The van der Waals surface area contributed by atoms with E-state index in [1.54, 1.807) is 6.07 Å². The Hall–Kier alpha value is -0.400. The second kappa shape index (κ2) is 3.88. The zero-order chi connectivity index (χ0) is 11.2. The van der Waals surface area contributed by atoms with Gasteiger partial charge in [-0.25, -0.2) is 4.79 Å². The van der Waals surface area contributed by atoms with Gasteiger partial charge in [0.05, 0.1) is 15.4 Å². The van der Waals surface area contributed by atoms with Crippen LogP contribution in [0.1, 0.15) is 0 Å². The Labute approximate surface area is 108 Å². The summed E-state index contributed by atoms with van der Waals surface area (Å²) in [5.74, 6) is 0. The fourth-order valence-electron chi connectivity index (χ4n) is 1.21. The number of rotatable bonds is 0. The second-order valence-electron chi connectivity index (χ2n) is 2.82. The fourth-order valence-corrected chi connectivity index (χ4v) is 2.74. The Bertz CT molecular complexity index is 659. The van der Waals surface area contributed by atoms with Crippen LogP contribution >= 0.6 is 47.8 Å². The van der Waals surface area contributed by atoms with Crippen molar-refractivity contribution in [2.24, 2.45) is 0 Å². The smallest absolute Gasteiger partial charge is 0.306 e. The first kappa shape index (κ1) is 11.1. The molecule has 15 heavy (non-hydrogen) atoms. The SMILES string of the molecule is O=c1[nH]c(=O)c2cc(Br)c(Br)c(Br)c2[nH]1. The van der Waals surface area contributed by atoms with Crippen LogP contribution in [0, 0.1) is 0 Å². The average Bonchev–Trinajstić information content (AvgIpc) is 2.17. The minimum Gasteiger partial charge on any atom is -0.306 e. The molecule has 0 amide bonds. The Morgan fingerprint density at radius 2 is 1.67 bits per heavy atom. The Morgan fingerprint density at radius 3 is 2.33 bits per heavy atom. The highest BCUT2D eigenvalue weighted by Gasteiger charge is 2.10. The van der Waals surface area contributed by atoms with Gasteiger partial charge in [-0.05, 0) is 53.9 Å². The van der Waals surface area contributed by atoms with Gasteiger partial charge >= 0.3 is 5.69 Å². The van der Waals surface area contributed by atoms with Crippen molar-refractivity contribution in [2.75, 3.05) is 0 Å². The van der Waals surface area contributed by atoms with E-state index >= 15 is 0 Å². The van der Waals surface area contributed by atoms with Gasteiger partial charge in [-0.1, -0.05) is 0 Å². The zero-order valence-electron chi connectivity index (χ0n) is 7.03. The minimum absolute atomic E-state index is 0.413. The van der Waals surface area contributed by atoms with Crippen LogP contribution in [-0.2, 0) is 0 Å². The first-order valence-electron chi connectivity index (χ1n) is 3.80. The Kier molecular flexibility index (Phi) is 2.87. The van der Waals surface area contributed by atoms with Gasteiger partial charge < -0.3 is 4.98 Å². The molecular formula is C8H3Br3N2O2. The molecule has 0 aliphatic carbocycles. The topological polar surface area (TPSA) is 65.7 Å². The van der Waals surface area contributed by atoms with Crippen LogP contribution in [0.5, 0.6) is 0 Å². The molecule has 0 aliphatic rings. The lowest BCUT2D eigenvalue weighted by Crippen LogP contribution is -2.22. The molecule has 0 radical (unpaired) electrons. The van der Waals surface area contributed by atoms with E-state index < -0.39 is 11.2 Å². The molecule has 4 nitrogen and oxygen atoms in total. The molecule has 78 valence electrons. The molecule has 0 saturated carbocycles. The monoisotopic (exact) mass is 396 g/mol. The quantitative estimate of drug-likeness (QED) is 0.670. The highest BCUT2D eigenvalue weighted by atomic mass is 79.9. The fraction of sp³-hybridized carbons (Fsp3) is 0. The van der Waals surface area contributed by atoms with Crippen LogP contribution in [0.2, 0.25) is 0 Å². The second-order valence-corrected chi connectivity index (χ2v) is 5.26. The van der Waals surface area contributed by atoms with Crippen molar-refractivity contribution in [3.8, 4) is 0 Å². The first-order valence-corrected chi connectivity index (χ1v) is 6.18. The number of hydrogen-bond donors (Lipinski definition) is 2. The van der Waals surface area contributed by atoms with Crippen molar-refractivity contribution in [2.45, 2.75) is 0 Å². The molecule has 1 heterocycles. The standard InChI is InChI=1S/C8H3Br3N2O2/c9-3-1-2-6(5(11)4(3)10)12-8(15)13-7(2)14/h1H,(H2,12,13,14,15). The summed E-state index contributed by atoms with van der Waals surface area (Å²) in [6.45, 7) is 0. The van der Waals surface area contributed by atoms with Gasteiger partial charge in [-0.15, -0.1) is 0 Å². The Morgan fingerprint density at radius 1 is 1.00 bits per heavy atom. The number of aromatic amines is 2. The highest BCUT2D eigenvalue weighted by Crippen LogP contribution is 2.34. The summed E-state index contributed by atoms with van der Waals surface area (Å²) in [5, 5.41) is 0.413. The van der Waals surface area contributed by atoms with E-state index in [0.29, 0.717) is 15.4 Å². The Balaban J connectivity index is 3.12. The van der Waals surface area contributed by atoms with Gasteiger partial charge in [0.2, 0.25) is 0 Å². The molecule has 0 spiro atoms. The first-order chi connectivity index (χ1) is 7.00. The predicted octanol–water partition coefficient (Wildman–Crippen LogP) is 2.50. The van der Waals surface area contributed by atoms with E-state index in [2.05, 4.69) is 57.8 Å². The molecule has 0 atom stereocenters. The maximum atomic E-state index is 11.5. The maximum absolute atomic E-state index is 11.5. The van der Waals surface area contributed by atoms with Crippen molar-refractivity contribution in [3.05, 3.63) is 40.3 Å². The van der Waals surface area contributed by atoms with Gasteiger partial charge in [0.15, 0.2) is 0 Å². The lowest BCUT2D eigenvalue weighted by Gasteiger charge is -2.03. The molecule has 0 saturated heterocycles. The van der Waals surface area contributed by atoms with E-state index in [0.717, 1.165) is 8.95 Å². The number of benzene rings is 1. The molecule has 7 heteroatoms. The summed E-state index contributed by atoms with van der Waals surface area (Å²) in [5.41, 5.74) is -0.469. The molecular weight excluding hydrogens is 396 g/mol. The molecule has 0 aliphatic heterocycles. The summed E-state index contributed by atoms with van der Waals surface area (Å²) in [6.07, 6.45) is 0. The van der Waals surface area contributed by atoms with Crippen molar-refractivity contribution < 1.29 is 0 Å². The largest absolute Gasteiger partial charge is 0.326 e. The van der Waals surface area contributed by atoms with Gasteiger partial charge in [0, 0.05) is 8.95 Å². The van der Waals surface area contributed by atoms with Crippen molar-refractivity contribution in [3.63, 3.8) is 0 Å². The van der Waals surface area contributed by atoms with Crippen molar-refractivity contribution in [1.29, 1.82) is 0 Å². The number of hydrogen-bond acceptors (Lipinski definition) is 2. The van der Waals surface area contributed by atoms with Gasteiger partial charge in [0.25, 0.3) is 5.56 Å². The molecule has 2 N–H and O–H groups in total. The van der Waals surface area contributed by atoms with E-state index in [4.69, 9.17) is 0 Å². The average molecular weight is 399 g/mol. The van der Waals surface area contributed by atoms with Crippen LogP contribution in [0.4, 0.5) is 0 Å². The molecule has 0 bridgehead atoms. The number of H-pyrrole nitrogens is 2. The third kappa shape index (κ3) is 1.83. The van der Waals surface area contributed by atoms with E-state index in [1.165, 1.54) is 0 Å². The summed E-state index contributed by atoms with van der Waals surface area (Å²) >= 11 is 9.92.